The Morgan fingerprint density at radius 1 is 1.22 bits per heavy atom. The number of amides is 1. The molecule has 1 amide bonds. The first-order valence-electron chi connectivity index (χ1n) is 5.53. The highest BCUT2D eigenvalue weighted by Gasteiger charge is 2.20. The molecule has 1 aromatic carbocycles. The SMILES string of the molecule is C/C(=N\NC(=O)c1ccccc1O)[C]1[CH][CH][CH][CH]1. The van der Waals surface area contributed by atoms with Crippen molar-refractivity contribution in [1.29, 1.82) is 0 Å². The molecule has 1 aliphatic carbocycles. The highest BCUT2D eigenvalue weighted by molar-refractivity contribution is 6.02. The topological polar surface area (TPSA) is 61.7 Å². The molecule has 1 saturated carbocycles. The standard InChI is InChI=1S/C14H13N2O2/c1-10(11-6-2-3-7-11)15-16-14(18)12-8-4-5-9-13(12)17/h2-9,17H,1H3,(H,16,18)/b15-10+. The Balaban J connectivity index is 1.99. The first kappa shape index (κ1) is 12.6. The Hall–Kier alpha value is -1.84. The molecule has 1 aromatic rings. The van der Waals surface area contributed by atoms with Crippen LogP contribution >= 0.6 is 0 Å². The van der Waals surface area contributed by atoms with Gasteiger partial charge in [0.25, 0.3) is 5.91 Å². The van der Waals surface area contributed by atoms with Gasteiger partial charge in [-0.2, -0.15) is 5.10 Å². The van der Waals surface area contributed by atoms with Crippen LogP contribution in [-0.2, 0) is 0 Å². The number of rotatable bonds is 3. The number of carbonyl (C=O) groups is 1. The van der Waals surface area contributed by atoms with Crippen LogP contribution in [0.3, 0.4) is 0 Å². The summed E-state index contributed by atoms with van der Waals surface area (Å²) >= 11 is 0. The number of benzene rings is 1. The maximum atomic E-state index is 11.8. The van der Waals surface area contributed by atoms with Crippen LogP contribution in [0.5, 0.6) is 5.75 Å². The minimum atomic E-state index is -0.431. The summed E-state index contributed by atoms with van der Waals surface area (Å²) in [6.45, 7) is 1.81. The lowest BCUT2D eigenvalue weighted by Gasteiger charge is -2.07. The van der Waals surface area contributed by atoms with Crippen molar-refractivity contribution in [1.82, 2.24) is 5.43 Å². The number of nitrogens with zero attached hydrogens (tertiary/aromatic N) is 1. The lowest BCUT2D eigenvalue weighted by molar-refractivity contribution is 0.0952. The zero-order chi connectivity index (χ0) is 13.0. The van der Waals surface area contributed by atoms with Crippen LogP contribution < -0.4 is 5.43 Å². The molecule has 1 fully saturated rings. The van der Waals surface area contributed by atoms with Gasteiger partial charge < -0.3 is 5.11 Å². The van der Waals surface area contributed by atoms with Gasteiger partial charge in [0, 0.05) is 11.6 Å². The van der Waals surface area contributed by atoms with E-state index in [0.29, 0.717) is 5.71 Å². The number of hydrogen-bond acceptors (Lipinski definition) is 3. The van der Waals surface area contributed by atoms with Gasteiger partial charge >= 0.3 is 0 Å². The van der Waals surface area contributed by atoms with Gasteiger partial charge in [-0.3, -0.25) is 4.79 Å². The van der Waals surface area contributed by atoms with Crippen LogP contribution in [0.2, 0.25) is 0 Å². The second kappa shape index (κ2) is 5.67. The molecular weight excluding hydrogens is 228 g/mol. The number of hydrazone groups is 1. The molecule has 2 rings (SSSR count). The molecule has 2 N–H and O–H groups in total. The van der Waals surface area contributed by atoms with E-state index < -0.39 is 5.91 Å². The molecule has 0 unspecified atom stereocenters. The van der Waals surface area contributed by atoms with E-state index in [1.165, 1.54) is 12.1 Å². The zero-order valence-corrected chi connectivity index (χ0v) is 9.92. The van der Waals surface area contributed by atoms with Crippen molar-refractivity contribution in [3.05, 3.63) is 61.4 Å². The summed E-state index contributed by atoms with van der Waals surface area (Å²) in [6, 6.07) is 6.34. The van der Waals surface area contributed by atoms with Crippen molar-refractivity contribution >= 4 is 11.6 Å². The predicted molar refractivity (Wildman–Crippen MR) is 69.1 cm³/mol. The molecular formula is C14H13N2O2. The Labute approximate surface area is 107 Å². The molecule has 0 aliphatic heterocycles. The first-order chi connectivity index (χ1) is 8.68. The molecule has 0 bridgehead atoms. The number of hydrogen-bond donors (Lipinski definition) is 2. The van der Waals surface area contributed by atoms with Gasteiger partial charge in [-0.1, -0.05) is 12.1 Å². The van der Waals surface area contributed by atoms with Crippen molar-refractivity contribution < 1.29 is 9.90 Å². The van der Waals surface area contributed by atoms with E-state index in [2.05, 4.69) is 10.5 Å². The number of nitrogens with one attached hydrogen (secondary N) is 1. The number of para-hydroxylation sites is 1. The maximum absolute atomic E-state index is 11.8. The Kier molecular flexibility index (Phi) is 3.97. The molecule has 5 radical (unpaired) electrons. The van der Waals surface area contributed by atoms with Crippen LogP contribution in [0, 0.1) is 31.6 Å². The van der Waals surface area contributed by atoms with Gasteiger partial charge in [-0.15, -0.1) is 0 Å². The fourth-order valence-corrected chi connectivity index (χ4v) is 1.54. The van der Waals surface area contributed by atoms with Gasteiger partial charge in [0.2, 0.25) is 0 Å². The van der Waals surface area contributed by atoms with Crippen molar-refractivity contribution in [2.24, 2.45) is 5.10 Å². The average molecular weight is 241 g/mol. The highest BCUT2D eigenvalue weighted by atomic mass is 16.3. The Bertz CT molecular complexity index is 463. The van der Waals surface area contributed by atoms with Crippen molar-refractivity contribution in [3.63, 3.8) is 0 Å². The van der Waals surface area contributed by atoms with Gasteiger partial charge in [0.05, 0.1) is 5.56 Å². The first-order valence-corrected chi connectivity index (χ1v) is 5.53. The van der Waals surface area contributed by atoms with Gasteiger partial charge in [-0.25, -0.2) is 5.43 Å². The smallest absolute Gasteiger partial charge is 0.275 e. The van der Waals surface area contributed by atoms with Crippen LogP contribution in [0.25, 0.3) is 0 Å². The number of phenols is 1. The fraction of sp³-hybridized carbons (Fsp3) is 0.0714. The lowest BCUT2D eigenvalue weighted by Crippen LogP contribution is -2.20. The van der Waals surface area contributed by atoms with Crippen molar-refractivity contribution in [2.45, 2.75) is 6.92 Å². The quantitative estimate of drug-likeness (QED) is 0.627. The van der Waals surface area contributed by atoms with Crippen LogP contribution in [-0.4, -0.2) is 16.7 Å². The molecule has 4 heteroatoms. The molecule has 0 spiro atoms. The van der Waals surface area contributed by atoms with Gasteiger partial charge in [0.15, 0.2) is 0 Å². The third-order valence-electron chi connectivity index (χ3n) is 2.55. The molecule has 0 saturated heterocycles. The third-order valence-corrected chi connectivity index (χ3v) is 2.55. The highest BCUT2D eigenvalue weighted by Crippen LogP contribution is 2.24. The molecule has 0 heterocycles. The minimum absolute atomic E-state index is 0.0591. The molecule has 18 heavy (non-hydrogen) atoms. The van der Waals surface area contributed by atoms with E-state index in [0.717, 1.165) is 5.92 Å². The van der Waals surface area contributed by atoms with E-state index in [9.17, 15) is 9.90 Å². The Morgan fingerprint density at radius 2 is 1.89 bits per heavy atom. The monoisotopic (exact) mass is 241 g/mol. The number of carbonyl (C=O) groups excluding carboxylic acids is 1. The maximum Gasteiger partial charge on any atom is 0.275 e. The normalized spacial score (nSPS) is 16.8. The number of aromatic hydroxyl groups is 1. The summed E-state index contributed by atoms with van der Waals surface area (Å²) in [6.07, 6.45) is 7.62. The Morgan fingerprint density at radius 3 is 2.56 bits per heavy atom. The second-order valence-corrected chi connectivity index (χ2v) is 3.83. The summed E-state index contributed by atoms with van der Waals surface area (Å²) in [7, 11) is 0. The zero-order valence-electron chi connectivity index (χ0n) is 9.92. The molecule has 91 valence electrons. The van der Waals surface area contributed by atoms with E-state index in [4.69, 9.17) is 0 Å². The fourth-order valence-electron chi connectivity index (χ4n) is 1.54. The molecule has 0 aromatic heterocycles. The summed E-state index contributed by atoms with van der Waals surface area (Å²) in [5.41, 5.74) is 3.33. The van der Waals surface area contributed by atoms with Crippen LogP contribution in [0.15, 0.2) is 29.4 Å². The predicted octanol–water partition coefficient (Wildman–Crippen LogP) is 1.90. The van der Waals surface area contributed by atoms with Crippen molar-refractivity contribution in [2.75, 3.05) is 0 Å². The summed E-state index contributed by atoms with van der Waals surface area (Å²) in [5.74, 6) is 0.461. The van der Waals surface area contributed by atoms with Crippen LogP contribution in [0.1, 0.15) is 17.3 Å². The molecule has 4 nitrogen and oxygen atoms in total. The van der Waals surface area contributed by atoms with Gasteiger partial charge in [0.1, 0.15) is 5.75 Å². The number of phenolic OH excluding ortho intramolecular Hbond substituents is 1. The molecule has 1 aliphatic rings. The van der Waals surface area contributed by atoms with E-state index >= 15 is 0 Å². The largest absolute Gasteiger partial charge is 0.507 e. The molecule has 0 atom stereocenters. The third kappa shape index (κ3) is 2.88. The minimum Gasteiger partial charge on any atom is -0.507 e. The van der Waals surface area contributed by atoms with E-state index in [1.54, 1.807) is 19.1 Å². The summed E-state index contributed by atoms with van der Waals surface area (Å²) < 4.78 is 0. The second-order valence-electron chi connectivity index (χ2n) is 3.83. The van der Waals surface area contributed by atoms with E-state index in [-0.39, 0.29) is 11.3 Å². The average Bonchev–Trinajstić information content (AvgIpc) is 2.90. The van der Waals surface area contributed by atoms with Gasteiger partial charge in [-0.05, 0) is 44.7 Å². The lowest BCUT2D eigenvalue weighted by atomic mass is 10.0. The van der Waals surface area contributed by atoms with Crippen LogP contribution in [0.4, 0.5) is 0 Å². The summed E-state index contributed by atoms with van der Waals surface area (Å²) in [5, 5.41) is 13.5. The van der Waals surface area contributed by atoms with Crippen molar-refractivity contribution in [3.8, 4) is 5.75 Å². The summed E-state index contributed by atoms with van der Waals surface area (Å²) in [4.78, 5) is 11.8. The van der Waals surface area contributed by atoms with E-state index in [1.807, 2.05) is 25.7 Å².